The minimum Gasteiger partial charge on any atom is -0.382 e. The minimum absolute atomic E-state index is 0.0500. The van der Waals surface area contributed by atoms with Crippen molar-refractivity contribution in [3.8, 4) is 0 Å². The molecule has 1 aromatic rings. The number of benzene rings is 1. The molecule has 0 aliphatic carbocycles. The molecule has 1 heterocycles. The number of hydrogen-bond donors (Lipinski definition) is 0. The van der Waals surface area contributed by atoms with Crippen LogP contribution in [0, 0.1) is 0 Å². The SMILES string of the molecule is CC(C)c1ccc(N2C(=O)/C(=C/N(C)C)SC2=S)cc1. The summed E-state index contributed by atoms with van der Waals surface area (Å²) in [5.74, 6) is 0.426. The molecule has 1 aromatic carbocycles. The molecule has 2 rings (SSSR count). The Kier molecular flexibility index (Phi) is 4.50. The summed E-state index contributed by atoms with van der Waals surface area (Å²) in [5, 5.41) is 0. The summed E-state index contributed by atoms with van der Waals surface area (Å²) in [4.78, 5) is 16.5. The van der Waals surface area contributed by atoms with E-state index in [9.17, 15) is 4.79 Å². The summed E-state index contributed by atoms with van der Waals surface area (Å²) in [6.45, 7) is 4.29. The van der Waals surface area contributed by atoms with E-state index in [2.05, 4.69) is 13.8 Å². The first kappa shape index (κ1) is 15.1. The van der Waals surface area contributed by atoms with E-state index in [-0.39, 0.29) is 5.91 Å². The van der Waals surface area contributed by atoms with Crippen LogP contribution in [0.15, 0.2) is 35.4 Å². The summed E-state index contributed by atoms with van der Waals surface area (Å²) in [5.41, 5.74) is 2.09. The van der Waals surface area contributed by atoms with Crippen LogP contribution >= 0.6 is 24.0 Å². The highest BCUT2D eigenvalue weighted by molar-refractivity contribution is 8.27. The summed E-state index contributed by atoms with van der Waals surface area (Å²) in [7, 11) is 3.79. The molecule has 5 heteroatoms. The van der Waals surface area contributed by atoms with Crippen molar-refractivity contribution < 1.29 is 4.79 Å². The lowest BCUT2D eigenvalue weighted by Crippen LogP contribution is -2.27. The standard InChI is InChI=1S/C15H18N2OS2/c1-10(2)11-5-7-12(8-6-11)17-14(18)13(9-16(3)4)20-15(17)19/h5-10H,1-4H3/b13-9-. The molecule has 0 atom stereocenters. The maximum atomic E-state index is 12.4. The number of anilines is 1. The largest absolute Gasteiger partial charge is 0.382 e. The zero-order valence-corrected chi connectivity index (χ0v) is 13.7. The Labute approximate surface area is 129 Å². The highest BCUT2D eigenvalue weighted by Gasteiger charge is 2.33. The topological polar surface area (TPSA) is 23.6 Å². The molecule has 0 radical (unpaired) electrons. The Bertz CT molecular complexity index is 562. The smallest absolute Gasteiger partial charge is 0.272 e. The van der Waals surface area contributed by atoms with Gasteiger partial charge in [0.15, 0.2) is 4.32 Å². The van der Waals surface area contributed by atoms with Gasteiger partial charge in [0.2, 0.25) is 0 Å². The van der Waals surface area contributed by atoms with Gasteiger partial charge >= 0.3 is 0 Å². The fourth-order valence-electron chi connectivity index (χ4n) is 1.92. The van der Waals surface area contributed by atoms with Gasteiger partial charge in [0.25, 0.3) is 5.91 Å². The summed E-state index contributed by atoms with van der Waals surface area (Å²) >= 11 is 6.67. The molecule has 3 nitrogen and oxygen atoms in total. The van der Waals surface area contributed by atoms with E-state index in [1.54, 1.807) is 4.90 Å². The van der Waals surface area contributed by atoms with E-state index < -0.39 is 0 Å². The van der Waals surface area contributed by atoms with Crippen molar-refractivity contribution in [2.75, 3.05) is 19.0 Å². The lowest BCUT2D eigenvalue weighted by Gasteiger charge is -2.15. The molecule has 0 N–H and O–H groups in total. The number of hydrogen-bond acceptors (Lipinski definition) is 4. The van der Waals surface area contributed by atoms with Crippen LogP contribution < -0.4 is 4.90 Å². The van der Waals surface area contributed by atoms with Crippen LogP contribution in [-0.2, 0) is 4.79 Å². The van der Waals surface area contributed by atoms with E-state index >= 15 is 0 Å². The number of nitrogens with zero attached hydrogens (tertiary/aromatic N) is 2. The quantitative estimate of drug-likeness (QED) is 0.629. The average Bonchev–Trinajstić information content (AvgIpc) is 2.64. The maximum absolute atomic E-state index is 12.4. The van der Waals surface area contributed by atoms with Gasteiger partial charge in [-0.15, -0.1) is 0 Å². The zero-order chi connectivity index (χ0) is 14.9. The van der Waals surface area contributed by atoms with Gasteiger partial charge in [-0.3, -0.25) is 9.69 Å². The summed E-state index contributed by atoms with van der Waals surface area (Å²) in [6, 6.07) is 8.01. The van der Waals surface area contributed by atoms with Crippen LogP contribution in [0.1, 0.15) is 25.3 Å². The number of amides is 1. The van der Waals surface area contributed by atoms with Gasteiger partial charge in [0, 0.05) is 20.3 Å². The molecular formula is C15H18N2OS2. The van der Waals surface area contributed by atoms with E-state index in [1.807, 2.05) is 49.5 Å². The van der Waals surface area contributed by atoms with Crippen LogP contribution in [0.5, 0.6) is 0 Å². The minimum atomic E-state index is -0.0500. The first-order chi connectivity index (χ1) is 9.40. The molecule has 1 aliphatic heterocycles. The fourth-order valence-corrected chi connectivity index (χ4v) is 3.29. The molecule has 1 saturated heterocycles. The van der Waals surface area contributed by atoms with Crippen molar-refractivity contribution in [3.63, 3.8) is 0 Å². The predicted octanol–water partition coefficient (Wildman–Crippen LogP) is 3.58. The second kappa shape index (κ2) is 5.97. The molecule has 0 unspecified atom stereocenters. The highest BCUT2D eigenvalue weighted by atomic mass is 32.2. The van der Waals surface area contributed by atoms with Crippen LogP contribution in [0.4, 0.5) is 5.69 Å². The van der Waals surface area contributed by atoms with Gasteiger partial charge in [0.1, 0.15) is 0 Å². The lowest BCUT2D eigenvalue weighted by atomic mass is 10.0. The molecule has 1 fully saturated rings. The molecule has 1 amide bonds. The molecule has 0 aromatic heterocycles. The first-order valence-corrected chi connectivity index (χ1v) is 7.67. The highest BCUT2D eigenvalue weighted by Crippen LogP contribution is 2.35. The molecule has 0 bridgehead atoms. The third-order valence-electron chi connectivity index (χ3n) is 2.99. The van der Waals surface area contributed by atoms with Crippen molar-refractivity contribution in [3.05, 3.63) is 40.9 Å². The van der Waals surface area contributed by atoms with Crippen LogP contribution in [-0.4, -0.2) is 29.2 Å². The Morgan fingerprint density at radius 2 is 1.85 bits per heavy atom. The maximum Gasteiger partial charge on any atom is 0.272 e. The van der Waals surface area contributed by atoms with Crippen molar-refractivity contribution in [2.24, 2.45) is 0 Å². The lowest BCUT2D eigenvalue weighted by molar-refractivity contribution is -0.113. The van der Waals surface area contributed by atoms with Gasteiger partial charge < -0.3 is 4.90 Å². The van der Waals surface area contributed by atoms with Crippen molar-refractivity contribution in [2.45, 2.75) is 19.8 Å². The monoisotopic (exact) mass is 306 g/mol. The molecule has 0 saturated carbocycles. The van der Waals surface area contributed by atoms with E-state index in [1.165, 1.54) is 17.3 Å². The molecule has 20 heavy (non-hydrogen) atoms. The third-order valence-corrected chi connectivity index (χ3v) is 4.28. The Balaban J connectivity index is 2.29. The second-order valence-electron chi connectivity index (χ2n) is 5.21. The van der Waals surface area contributed by atoms with E-state index in [4.69, 9.17) is 12.2 Å². The van der Waals surface area contributed by atoms with E-state index in [0.717, 1.165) is 5.69 Å². The number of carbonyl (C=O) groups excluding carboxylic acids is 1. The van der Waals surface area contributed by atoms with Gasteiger partial charge in [-0.05, 0) is 23.6 Å². The van der Waals surface area contributed by atoms with Crippen molar-refractivity contribution >= 4 is 39.9 Å². The molecule has 0 spiro atoms. The second-order valence-corrected chi connectivity index (χ2v) is 6.89. The van der Waals surface area contributed by atoms with Gasteiger partial charge in [-0.25, -0.2) is 0 Å². The number of thiocarbonyl (C=S) groups is 1. The molecular weight excluding hydrogens is 288 g/mol. The van der Waals surface area contributed by atoms with E-state index in [0.29, 0.717) is 15.1 Å². The zero-order valence-electron chi connectivity index (χ0n) is 12.1. The van der Waals surface area contributed by atoms with Crippen molar-refractivity contribution in [1.82, 2.24) is 4.90 Å². The van der Waals surface area contributed by atoms with Crippen LogP contribution in [0.25, 0.3) is 0 Å². The normalized spacial score (nSPS) is 17.4. The van der Waals surface area contributed by atoms with Crippen LogP contribution in [0.3, 0.4) is 0 Å². The van der Waals surface area contributed by atoms with Gasteiger partial charge in [-0.1, -0.05) is 50.0 Å². The predicted molar refractivity (Wildman–Crippen MR) is 90.0 cm³/mol. The van der Waals surface area contributed by atoms with Crippen LogP contribution in [0.2, 0.25) is 0 Å². The average molecular weight is 306 g/mol. The molecule has 106 valence electrons. The third kappa shape index (κ3) is 3.04. The first-order valence-electron chi connectivity index (χ1n) is 6.44. The number of rotatable bonds is 3. The summed E-state index contributed by atoms with van der Waals surface area (Å²) in [6.07, 6.45) is 1.81. The van der Waals surface area contributed by atoms with Crippen molar-refractivity contribution in [1.29, 1.82) is 0 Å². The van der Waals surface area contributed by atoms with Gasteiger partial charge in [0.05, 0.1) is 10.6 Å². The number of carbonyl (C=O) groups is 1. The number of thioether (sulfide) groups is 1. The Morgan fingerprint density at radius 3 is 2.35 bits per heavy atom. The Morgan fingerprint density at radius 1 is 1.25 bits per heavy atom. The fraction of sp³-hybridized carbons (Fsp3) is 0.333. The van der Waals surface area contributed by atoms with Gasteiger partial charge in [-0.2, -0.15) is 0 Å². The summed E-state index contributed by atoms with van der Waals surface area (Å²) < 4.78 is 0.584. The Hall–Kier alpha value is -1.33. The molecule has 1 aliphatic rings.